The Balaban J connectivity index is 2.03. The zero-order valence-electron chi connectivity index (χ0n) is 13.3. The van der Waals surface area contributed by atoms with Crippen LogP contribution in [0.2, 0.25) is 0 Å². The molecule has 0 aromatic rings. The Labute approximate surface area is 126 Å². The Kier molecular flexibility index (Phi) is 2.94. The van der Waals surface area contributed by atoms with Crippen molar-refractivity contribution in [3.05, 3.63) is 12.2 Å². The van der Waals surface area contributed by atoms with Gasteiger partial charge in [0.05, 0.1) is 11.7 Å². The molecule has 4 nitrogen and oxygen atoms in total. The Bertz CT molecular complexity index is 511. The first-order valence-corrected chi connectivity index (χ1v) is 7.80. The molecule has 3 aliphatic rings. The van der Waals surface area contributed by atoms with E-state index in [1.807, 2.05) is 0 Å². The van der Waals surface area contributed by atoms with Crippen molar-refractivity contribution in [1.29, 1.82) is 0 Å². The van der Waals surface area contributed by atoms with E-state index in [1.54, 1.807) is 0 Å². The number of aliphatic hydroxyl groups excluding tert-OH is 1. The van der Waals surface area contributed by atoms with Crippen LogP contribution >= 0.6 is 0 Å². The minimum absolute atomic E-state index is 0.0449. The number of fused-ring (bicyclic) bond motifs is 3. The number of ether oxygens (including phenoxy) is 1. The number of aliphatic hydroxyl groups is 2. The molecule has 6 unspecified atom stereocenters. The number of carbonyl (C=O) groups is 1. The van der Waals surface area contributed by atoms with Crippen LogP contribution in [0.1, 0.15) is 47.0 Å². The third kappa shape index (κ3) is 1.72. The van der Waals surface area contributed by atoms with Crippen LogP contribution in [0.3, 0.4) is 0 Å². The van der Waals surface area contributed by atoms with Gasteiger partial charge < -0.3 is 14.9 Å². The molecule has 6 atom stereocenters. The fraction of sp³-hybridized carbons (Fsp3) is 0.824. The summed E-state index contributed by atoms with van der Waals surface area (Å²) < 4.78 is 5.54. The molecule has 0 aromatic heterocycles. The van der Waals surface area contributed by atoms with E-state index in [-0.39, 0.29) is 34.7 Å². The number of esters is 1. The Morgan fingerprint density at radius 3 is 2.52 bits per heavy atom. The maximum absolute atomic E-state index is 11.4. The normalized spacial score (nSPS) is 50.9. The lowest BCUT2D eigenvalue weighted by molar-refractivity contribution is -0.154. The third-order valence-corrected chi connectivity index (χ3v) is 6.43. The molecule has 3 saturated carbocycles. The Morgan fingerprint density at radius 2 is 1.95 bits per heavy atom. The zero-order valence-corrected chi connectivity index (χ0v) is 13.3. The van der Waals surface area contributed by atoms with Gasteiger partial charge in [-0.2, -0.15) is 0 Å². The van der Waals surface area contributed by atoms with E-state index in [0.717, 1.165) is 12.8 Å². The van der Waals surface area contributed by atoms with Gasteiger partial charge in [0.1, 0.15) is 6.10 Å². The minimum Gasteiger partial charge on any atom is -0.462 e. The largest absolute Gasteiger partial charge is 0.462 e. The van der Waals surface area contributed by atoms with Gasteiger partial charge in [-0.15, -0.1) is 0 Å². The second kappa shape index (κ2) is 4.11. The van der Waals surface area contributed by atoms with Crippen LogP contribution in [0.25, 0.3) is 0 Å². The van der Waals surface area contributed by atoms with E-state index in [9.17, 15) is 15.0 Å². The van der Waals surface area contributed by atoms with Gasteiger partial charge in [-0.25, -0.2) is 0 Å². The maximum atomic E-state index is 11.4. The monoisotopic (exact) mass is 294 g/mol. The van der Waals surface area contributed by atoms with Gasteiger partial charge in [0.25, 0.3) is 0 Å². The van der Waals surface area contributed by atoms with E-state index in [2.05, 4.69) is 27.4 Å². The van der Waals surface area contributed by atoms with Crippen molar-refractivity contribution in [2.45, 2.75) is 64.8 Å². The molecule has 3 rings (SSSR count). The molecule has 118 valence electrons. The summed E-state index contributed by atoms with van der Waals surface area (Å²) in [5, 5.41) is 21.5. The first-order valence-electron chi connectivity index (χ1n) is 7.80. The van der Waals surface area contributed by atoms with Crippen molar-refractivity contribution in [2.24, 2.45) is 22.7 Å². The molecule has 0 bridgehead atoms. The van der Waals surface area contributed by atoms with Gasteiger partial charge in [-0.05, 0) is 36.2 Å². The van der Waals surface area contributed by atoms with E-state index < -0.39 is 11.7 Å². The molecule has 0 heterocycles. The van der Waals surface area contributed by atoms with E-state index in [0.29, 0.717) is 12.0 Å². The summed E-state index contributed by atoms with van der Waals surface area (Å²) in [6.07, 6.45) is 1.40. The van der Waals surface area contributed by atoms with Gasteiger partial charge in [0.15, 0.2) is 0 Å². The SMILES string of the molecule is C=C1C(O)CC2CC3(C)CC(OC(C)=O)C(C)(C)C3C12O. The molecule has 0 spiro atoms. The summed E-state index contributed by atoms with van der Waals surface area (Å²) >= 11 is 0. The summed E-state index contributed by atoms with van der Waals surface area (Å²) in [7, 11) is 0. The first kappa shape index (κ1) is 15.0. The van der Waals surface area contributed by atoms with E-state index in [4.69, 9.17) is 4.74 Å². The topological polar surface area (TPSA) is 66.8 Å². The molecule has 0 saturated heterocycles. The molecule has 0 amide bonds. The molecule has 0 aromatic carbocycles. The smallest absolute Gasteiger partial charge is 0.302 e. The molecule has 2 N–H and O–H groups in total. The van der Waals surface area contributed by atoms with Crippen molar-refractivity contribution >= 4 is 5.97 Å². The lowest BCUT2D eigenvalue weighted by atomic mass is 9.66. The Hall–Kier alpha value is -0.870. The quantitative estimate of drug-likeness (QED) is 0.574. The molecular formula is C17H26O4. The number of carbonyl (C=O) groups excluding carboxylic acids is 1. The predicted molar refractivity (Wildman–Crippen MR) is 78.4 cm³/mol. The molecule has 0 radical (unpaired) electrons. The average Bonchev–Trinajstić information content (AvgIpc) is 2.74. The number of hydrogen-bond acceptors (Lipinski definition) is 4. The van der Waals surface area contributed by atoms with Crippen molar-refractivity contribution < 1.29 is 19.7 Å². The molecule has 0 aliphatic heterocycles. The number of hydrogen-bond donors (Lipinski definition) is 2. The van der Waals surface area contributed by atoms with Gasteiger partial charge >= 0.3 is 5.97 Å². The summed E-state index contributed by atoms with van der Waals surface area (Å²) in [4.78, 5) is 11.4. The van der Waals surface area contributed by atoms with Gasteiger partial charge in [-0.3, -0.25) is 4.79 Å². The molecule has 21 heavy (non-hydrogen) atoms. The van der Waals surface area contributed by atoms with E-state index in [1.165, 1.54) is 6.92 Å². The summed E-state index contributed by atoms with van der Waals surface area (Å²) in [5.41, 5.74) is -0.895. The van der Waals surface area contributed by atoms with Crippen molar-refractivity contribution in [2.75, 3.05) is 0 Å². The third-order valence-electron chi connectivity index (χ3n) is 6.43. The van der Waals surface area contributed by atoms with Crippen molar-refractivity contribution in [3.8, 4) is 0 Å². The maximum Gasteiger partial charge on any atom is 0.302 e. The highest BCUT2D eigenvalue weighted by Crippen LogP contribution is 2.71. The lowest BCUT2D eigenvalue weighted by Crippen LogP contribution is -2.48. The molecular weight excluding hydrogens is 268 g/mol. The summed E-state index contributed by atoms with van der Waals surface area (Å²) in [5.74, 6) is -0.255. The van der Waals surface area contributed by atoms with Crippen LogP contribution in [0.4, 0.5) is 0 Å². The summed E-state index contributed by atoms with van der Waals surface area (Å²) in [6, 6.07) is 0. The Morgan fingerprint density at radius 1 is 1.33 bits per heavy atom. The van der Waals surface area contributed by atoms with Crippen LogP contribution in [-0.2, 0) is 9.53 Å². The molecule has 3 fully saturated rings. The zero-order chi connectivity index (χ0) is 15.8. The van der Waals surface area contributed by atoms with Crippen molar-refractivity contribution in [1.82, 2.24) is 0 Å². The summed E-state index contributed by atoms with van der Waals surface area (Å²) in [6.45, 7) is 11.7. The predicted octanol–water partition coefficient (Wildman–Crippen LogP) is 2.04. The van der Waals surface area contributed by atoms with Gasteiger partial charge in [0.2, 0.25) is 0 Å². The molecule has 3 aliphatic carbocycles. The highest BCUT2D eigenvalue weighted by atomic mass is 16.5. The minimum atomic E-state index is -1.04. The van der Waals surface area contributed by atoms with Gasteiger partial charge in [-0.1, -0.05) is 27.4 Å². The highest BCUT2D eigenvalue weighted by molar-refractivity contribution is 5.66. The fourth-order valence-electron chi connectivity index (χ4n) is 5.93. The highest BCUT2D eigenvalue weighted by Gasteiger charge is 2.73. The van der Waals surface area contributed by atoms with Crippen molar-refractivity contribution in [3.63, 3.8) is 0 Å². The molecule has 4 heteroatoms. The van der Waals surface area contributed by atoms with Crippen LogP contribution in [0.15, 0.2) is 12.2 Å². The average molecular weight is 294 g/mol. The van der Waals surface area contributed by atoms with Gasteiger partial charge in [0, 0.05) is 18.3 Å². The first-order chi connectivity index (χ1) is 9.53. The van der Waals surface area contributed by atoms with Crippen LogP contribution < -0.4 is 0 Å². The van der Waals surface area contributed by atoms with Crippen LogP contribution in [0.5, 0.6) is 0 Å². The standard InChI is InChI=1S/C17H26O4/c1-9-12(19)6-11-7-16(5)8-13(21-10(2)18)15(3,4)14(16)17(9,11)20/h11-14,19-20H,1,6-8H2,2-5H3. The van der Waals surface area contributed by atoms with Crippen LogP contribution in [-0.4, -0.2) is 34.0 Å². The van der Waals surface area contributed by atoms with Crippen LogP contribution in [0, 0.1) is 22.7 Å². The fourth-order valence-corrected chi connectivity index (χ4v) is 5.93. The lowest BCUT2D eigenvalue weighted by Gasteiger charge is -2.43. The number of rotatable bonds is 1. The second-order valence-electron chi connectivity index (χ2n) is 8.21. The van der Waals surface area contributed by atoms with E-state index >= 15 is 0 Å². The second-order valence-corrected chi connectivity index (χ2v) is 8.21.